The fourth-order valence-electron chi connectivity index (χ4n) is 2.55. The van der Waals surface area contributed by atoms with Crippen LogP contribution in [0.2, 0.25) is 5.02 Å². The number of halogens is 1. The molecule has 0 spiro atoms. The van der Waals surface area contributed by atoms with Crippen molar-refractivity contribution in [3.05, 3.63) is 63.2 Å². The maximum absolute atomic E-state index is 12.2. The second-order valence-corrected chi connectivity index (χ2v) is 8.56. The van der Waals surface area contributed by atoms with Gasteiger partial charge < -0.3 is 5.32 Å². The predicted octanol–water partition coefficient (Wildman–Crippen LogP) is 3.74. The van der Waals surface area contributed by atoms with Gasteiger partial charge >= 0.3 is 0 Å². The van der Waals surface area contributed by atoms with Gasteiger partial charge in [0.2, 0.25) is 15.9 Å². The van der Waals surface area contributed by atoms with Crippen LogP contribution in [-0.2, 0) is 14.8 Å². The molecule has 2 rings (SSSR count). The maximum Gasteiger partial charge on any atom is 0.271 e. The average molecular weight is 426 g/mol. The van der Waals surface area contributed by atoms with E-state index in [4.69, 9.17) is 11.6 Å². The second kappa shape index (κ2) is 9.03. The largest absolute Gasteiger partial charge is 0.326 e. The highest BCUT2D eigenvalue weighted by atomic mass is 35.5. The molecule has 0 radical (unpaired) electrons. The zero-order valence-corrected chi connectivity index (χ0v) is 17.0. The topological polar surface area (TPSA) is 110 Å². The molecular weight excluding hydrogens is 406 g/mol. The van der Waals surface area contributed by atoms with Crippen molar-refractivity contribution in [1.82, 2.24) is 0 Å². The number of sulfonamides is 1. The van der Waals surface area contributed by atoms with Crippen molar-refractivity contribution in [2.45, 2.75) is 19.8 Å². The van der Waals surface area contributed by atoms with E-state index in [1.807, 2.05) is 0 Å². The summed E-state index contributed by atoms with van der Waals surface area (Å²) in [5.41, 5.74) is 1.39. The minimum atomic E-state index is -3.53. The Morgan fingerprint density at radius 1 is 1.21 bits per heavy atom. The third kappa shape index (κ3) is 5.93. The molecule has 0 heterocycles. The summed E-state index contributed by atoms with van der Waals surface area (Å²) in [5, 5.41) is 14.0. The van der Waals surface area contributed by atoms with Gasteiger partial charge in [0.25, 0.3) is 5.69 Å². The van der Waals surface area contributed by atoms with Gasteiger partial charge in [-0.05, 0) is 43.2 Å². The Bertz CT molecular complexity index is 977. The van der Waals surface area contributed by atoms with Crippen molar-refractivity contribution in [2.24, 2.45) is 0 Å². The summed E-state index contributed by atoms with van der Waals surface area (Å²) < 4.78 is 25.3. The lowest BCUT2D eigenvalue weighted by Gasteiger charge is -2.22. The van der Waals surface area contributed by atoms with Crippen molar-refractivity contribution in [3.8, 4) is 0 Å². The van der Waals surface area contributed by atoms with Gasteiger partial charge in [-0.1, -0.05) is 17.7 Å². The molecule has 1 amide bonds. The number of rotatable bonds is 8. The van der Waals surface area contributed by atoms with Crippen LogP contribution in [0.5, 0.6) is 0 Å². The van der Waals surface area contributed by atoms with E-state index in [2.05, 4.69) is 5.32 Å². The number of nitrogens with zero attached hydrogens (tertiary/aromatic N) is 2. The third-order valence-electron chi connectivity index (χ3n) is 3.99. The van der Waals surface area contributed by atoms with Crippen LogP contribution in [0.1, 0.15) is 18.4 Å². The monoisotopic (exact) mass is 425 g/mol. The molecule has 0 unspecified atom stereocenters. The number of carbonyl (C=O) groups is 1. The molecule has 0 aromatic heterocycles. The standard InChI is InChI=1S/C18H20ClN3O5S/c1-13-5-8-16(22(24)25)12-17(13)20-18(23)4-3-11-21(28(2,26)27)15-9-6-14(19)7-10-15/h5-10,12H,3-4,11H2,1-2H3,(H,20,23). The Morgan fingerprint density at radius 2 is 1.86 bits per heavy atom. The average Bonchev–Trinajstić information content (AvgIpc) is 2.60. The fourth-order valence-corrected chi connectivity index (χ4v) is 3.64. The lowest BCUT2D eigenvalue weighted by molar-refractivity contribution is -0.384. The van der Waals surface area contributed by atoms with E-state index in [1.165, 1.54) is 16.4 Å². The lowest BCUT2D eigenvalue weighted by Crippen LogP contribution is -2.31. The molecule has 0 aliphatic rings. The molecule has 10 heteroatoms. The maximum atomic E-state index is 12.2. The third-order valence-corrected chi connectivity index (χ3v) is 5.43. The fraction of sp³-hybridized carbons (Fsp3) is 0.278. The molecule has 2 aromatic rings. The van der Waals surface area contributed by atoms with Crippen LogP contribution in [0.4, 0.5) is 17.1 Å². The zero-order chi connectivity index (χ0) is 20.9. The number of nitrogens with one attached hydrogen (secondary N) is 1. The molecule has 1 N–H and O–H groups in total. The van der Waals surface area contributed by atoms with E-state index >= 15 is 0 Å². The predicted molar refractivity (Wildman–Crippen MR) is 109 cm³/mol. The van der Waals surface area contributed by atoms with Gasteiger partial charge in [0.05, 0.1) is 22.6 Å². The minimum Gasteiger partial charge on any atom is -0.326 e. The van der Waals surface area contributed by atoms with Crippen LogP contribution in [0.3, 0.4) is 0 Å². The Morgan fingerprint density at radius 3 is 2.43 bits per heavy atom. The summed E-state index contributed by atoms with van der Waals surface area (Å²) in [6.07, 6.45) is 1.42. The molecule has 28 heavy (non-hydrogen) atoms. The number of amides is 1. The van der Waals surface area contributed by atoms with Crippen LogP contribution < -0.4 is 9.62 Å². The first kappa shape index (κ1) is 21.6. The highest BCUT2D eigenvalue weighted by Gasteiger charge is 2.18. The van der Waals surface area contributed by atoms with E-state index < -0.39 is 14.9 Å². The number of carbonyl (C=O) groups excluding carboxylic acids is 1. The van der Waals surface area contributed by atoms with Crippen LogP contribution >= 0.6 is 11.6 Å². The van der Waals surface area contributed by atoms with E-state index in [9.17, 15) is 23.3 Å². The molecule has 0 saturated heterocycles. The first-order valence-corrected chi connectivity index (χ1v) is 10.6. The quantitative estimate of drug-likeness (QED) is 0.511. The highest BCUT2D eigenvalue weighted by Crippen LogP contribution is 2.23. The Labute approximate surface area is 168 Å². The van der Waals surface area contributed by atoms with Gasteiger partial charge in [-0.15, -0.1) is 0 Å². The van der Waals surface area contributed by atoms with E-state index in [1.54, 1.807) is 37.3 Å². The van der Waals surface area contributed by atoms with Crippen molar-refractivity contribution in [1.29, 1.82) is 0 Å². The number of nitro benzene ring substituents is 1. The lowest BCUT2D eigenvalue weighted by atomic mass is 10.1. The second-order valence-electron chi connectivity index (χ2n) is 6.22. The Kier molecular flexibility index (Phi) is 6.98. The normalized spacial score (nSPS) is 11.1. The molecule has 0 atom stereocenters. The van der Waals surface area contributed by atoms with E-state index in [-0.39, 0.29) is 31.0 Å². The molecule has 0 saturated carbocycles. The summed E-state index contributed by atoms with van der Waals surface area (Å²) >= 11 is 5.83. The zero-order valence-electron chi connectivity index (χ0n) is 15.4. The number of hydrogen-bond acceptors (Lipinski definition) is 5. The van der Waals surface area contributed by atoms with Crippen molar-refractivity contribution in [2.75, 3.05) is 22.4 Å². The molecular formula is C18H20ClN3O5S. The van der Waals surface area contributed by atoms with Gasteiger partial charge in [0.1, 0.15) is 0 Å². The van der Waals surface area contributed by atoms with Gasteiger partial charge in [-0.25, -0.2) is 8.42 Å². The molecule has 0 fully saturated rings. The molecule has 0 aliphatic heterocycles. The number of aryl methyl sites for hydroxylation is 1. The molecule has 8 nitrogen and oxygen atoms in total. The molecule has 2 aromatic carbocycles. The summed E-state index contributed by atoms with van der Waals surface area (Å²) in [4.78, 5) is 22.5. The summed E-state index contributed by atoms with van der Waals surface area (Å²) in [5.74, 6) is -0.354. The van der Waals surface area contributed by atoms with Gasteiger partial charge in [-0.3, -0.25) is 19.2 Å². The SMILES string of the molecule is Cc1ccc([N+](=O)[O-])cc1NC(=O)CCCN(c1ccc(Cl)cc1)S(C)(=O)=O. The minimum absolute atomic E-state index is 0.0573. The molecule has 0 bridgehead atoms. The van der Waals surface area contributed by atoms with E-state index in [0.29, 0.717) is 22.0 Å². The first-order valence-electron chi connectivity index (χ1n) is 8.36. The van der Waals surface area contributed by atoms with Gasteiger partial charge in [0, 0.05) is 30.1 Å². The highest BCUT2D eigenvalue weighted by molar-refractivity contribution is 7.92. The Hall–Kier alpha value is -2.65. The number of anilines is 2. The number of hydrogen-bond donors (Lipinski definition) is 1. The number of nitro groups is 1. The first-order chi connectivity index (χ1) is 13.1. The van der Waals surface area contributed by atoms with Crippen molar-refractivity contribution in [3.63, 3.8) is 0 Å². The summed E-state index contributed by atoms with van der Waals surface area (Å²) in [7, 11) is -3.53. The summed E-state index contributed by atoms with van der Waals surface area (Å²) in [6.45, 7) is 1.84. The van der Waals surface area contributed by atoms with Crippen LogP contribution in [0.15, 0.2) is 42.5 Å². The van der Waals surface area contributed by atoms with E-state index in [0.717, 1.165) is 6.26 Å². The molecule has 150 valence electrons. The summed E-state index contributed by atoms with van der Waals surface area (Å²) in [6, 6.07) is 10.6. The smallest absolute Gasteiger partial charge is 0.271 e. The van der Waals surface area contributed by atoms with Crippen molar-refractivity contribution < 1.29 is 18.1 Å². The van der Waals surface area contributed by atoms with Crippen molar-refractivity contribution >= 4 is 44.6 Å². The number of non-ortho nitro benzene ring substituents is 1. The Balaban J connectivity index is 2.01. The number of benzene rings is 2. The van der Waals surface area contributed by atoms with Crippen LogP contribution in [-0.4, -0.2) is 32.0 Å². The van der Waals surface area contributed by atoms with Crippen LogP contribution in [0, 0.1) is 17.0 Å². The molecule has 0 aliphatic carbocycles. The van der Waals surface area contributed by atoms with Crippen LogP contribution in [0.25, 0.3) is 0 Å². The van der Waals surface area contributed by atoms with Gasteiger partial charge in [0.15, 0.2) is 0 Å². The van der Waals surface area contributed by atoms with Gasteiger partial charge in [-0.2, -0.15) is 0 Å².